The van der Waals surface area contributed by atoms with Gasteiger partial charge in [-0.15, -0.1) is 0 Å². The number of nitriles is 1. The third-order valence-corrected chi connectivity index (χ3v) is 5.44. The monoisotopic (exact) mass is 345 g/mol. The van der Waals surface area contributed by atoms with Gasteiger partial charge in [0.1, 0.15) is 5.41 Å². The molecule has 0 spiro atoms. The molecule has 2 aliphatic rings. The van der Waals surface area contributed by atoms with E-state index < -0.39 is 5.41 Å². The highest BCUT2D eigenvalue weighted by molar-refractivity contribution is 5.85. The molecule has 0 aromatic carbocycles. The van der Waals surface area contributed by atoms with Crippen molar-refractivity contribution in [1.29, 1.82) is 5.26 Å². The zero-order valence-electron chi connectivity index (χ0n) is 14.8. The first kappa shape index (κ1) is 17.9. The Balaban J connectivity index is 1.64. The molecule has 136 valence electrons. The zero-order chi connectivity index (χ0) is 17.7. The lowest BCUT2D eigenvalue weighted by Crippen LogP contribution is -2.50. The molecule has 2 saturated heterocycles. The topological polar surface area (TPSA) is 94.0 Å². The first-order valence-electron chi connectivity index (χ1n) is 9.16. The van der Waals surface area contributed by atoms with Gasteiger partial charge in [0.25, 0.3) is 0 Å². The van der Waals surface area contributed by atoms with Gasteiger partial charge in [-0.25, -0.2) is 4.98 Å². The van der Waals surface area contributed by atoms with E-state index in [-0.39, 0.29) is 11.9 Å². The van der Waals surface area contributed by atoms with Crippen LogP contribution in [0.4, 0.5) is 0 Å². The van der Waals surface area contributed by atoms with E-state index in [0.29, 0.717) is 32.0 Å². The minimum Gasteiger partial charge on any atom is -0.381 e. The highest BCUT2D eigenvalue weighted by Crippen LogP contribution is 2.31. The molecule has 7 heteroatoms. The Kier molecular flexibility index (Phi) is 5.71. The number of nitrogens with zero attached hydrogens (tertiary/aromatic N) is 3. The molecule has 0 bridgehead atoms. The smallest absolute Gasteiger partial charge is 0.240 e. The highest BCUT2D eigenvalue weighted by atomic mass is 16.5. The Morgan fingerprint density at radius 2 is 2.32 bits per heavy atom. The maximum absolute atomic E-state index is 12.9. The average Bonchev–Trinajstić information content (AvgIpc) is 3.26. The van der Waals surface area contributed by atoms with Crippen LogP contribution in [-0.4, -0.2) is 53.1 Å². The molecular weight excluding hydrogens is 318 g/mol. The molecule has 0 unspecified atom stereocenters. The van der Waals surface area contributed by atoms with E-state index in [1.807, 2.05) is 6.20 Å². The van der Waals surface area contributed by atoms with Crippen LogP contribution in [0.3, 0.4) is 0 Å². The van der Waals surface area contributed by atoms with Crippen LogP contribution in [0.2, 0.25) is 0 Å². The maximum atomic E-state index is 12.9. The summed E-state index contributed by atoms with van der Waals surface area (Å²) in [4.78, 5) is 22.4. The van der Waals surface area contributed by atoms with Gasteiger partial charge in [0.2, 0.25) is 5.91 Å². The second kappa shape index (κ2) is 7.98. The Morgan fingerprint density at radius 3 is 2.96 bits per heavy atom. The number of hydrogen-bond acceptors (Lipinski definition) is 5. The maximum Gasteiger partial charge on any atom is 0.240 e. The highest BCUT2D eigenvalue weighted by Gasteiger charge is 2.43. The van der Waals surface area contributed by atoms with E-state index in [2.05, 4.69) is 33.2 Å². The van der Waals surface area contributed by atoms with Crippen molar-refractivity contribution < 1.29 is 9.53 Å². The molecule has 0 radical (unpaired) electrons. The van der Waals surface area contributed by atoms with Gasteiger partial charge in [-0.1, -0.05) is 13.3 Å². The molecule has 3 rings (SSSR count). The number of amides is 1. The molecule has 2 atom stereocenters. The number of hydrogen-bond donors (Lipinski definition) is 2. The summed E-state index contributed by atoms with van der Waals surface area (Å²) in [6.45, 7) is 5.72. The summed E-state index contributed by atoms with van der Waals surface area (Å²) >= 11 is 0. The second-order valence-corrected chi connectivity index (χ2v) is 7.21. The van der Waals surface area contributed by atoms with Crippen molar-refractivity contribution in [2.24, 2.45) is 11.3 Å². The van der Waals surface area contributed by atoms with E-state index >= 15 is 0 Å². The molecule has 2 fully saturated rings. The third kappa shape index (κ3) is 4.02. The number of likely N-dealkylation sites (tertiary alicyclic amines) is 1. The third-order valence-electron chi connectivity index (χ3n) is 5.44. The number of carbonyl (C=O) groups excluding carboxylic acids is 1. The van der Waals surface area contributed by atoms with Crippen molar-refractivity contribution in [3.8, 4) is 6.07 Å². The minimum atomic E-state index is -0.925. The lowest BCUT2D eigenvalue weighted by atomic mass is 9.80. The molecule has 2 aliphatic heterocycles. The quantitative estimate of drug-likeness (QED) is 0.814. The standard InChI is InChI=1S/C18H27N5O2/c1-2-3-14-9-23(10-15-8-20-13-21-15)11-16(14)22-17(24)18(12-19)4-6-25-7-5-18/h8,13-14,16H,2-7,9-11H2,1H3,(H,20,21)(H,22,24)/t14-,16-/m1/s1. The largest absolute Gasteiger partial charge is 0.381 e. The van der Waals surface area contributed by atoms with Gasteiger partial charge in [-0.2, -0.15) is 5.26 Å². The van der Waals surface area contributed by atoms with Crippen LogP contribution >= 0.6 is 0 Å². The normalized spacial score (nSPS) is 26.2. The van der Waals surface area contributed by atoms with Gasteiger partial charge >= 0.3 is 0 Å². The summed E-state index contributed by atoms with van der Waals surface area (Å²) in [7, 11) is 0. The number of H-pyrrole nitrogens is 1. The molecule has 2 N–H and O–H groups in total. The van der Waals surface area contributed by atoms with Crippen molar-refractivity contribution >= 4 is 5.91 Å². The number of imidazole rings is 1. The fourth-order valence-corrected chi connectivity index (χ4v) is 3.94. The Bertz CT molecular complexity index is 603. The number of carbonyl (C=O) groups is 1. The number of rotatable bonds is 6. The van der Waals surface area contributed by atoms with E-state index in [1.165, 1.54) is 0 Å². The fourth-order valence-electron chi connectivity index (χ4n) is 3.94. The van der Waals surface area contributed by atoms with E-state index in [1.54, 1.807) is 6.33 Å². The molecule has 1 amide bonds. The van der Waals surface area contributed by atoms with E-state index in [4.69, 9.17) is 4.74 Å². The number of nitrogens with one attached hydrogen (secondary N) is 2. The van der Waals surface area contributed by atoms with Gasteiger partial charge in [-0.3, -0.25) is 9.69 Å². The van der Waals surface area contributed by atoms with E-state index in [9.17, 15) is 10.1 Å². The number of ether oxygens (including phenoxy) is 1. The van der Waals surface area contributed by atoms with Crippen LogP contribution in [0.25, 0.3) is 0 Å². The van der Waals surface area contributed by atoms with Crippen LogP contribution in [0.15, 0.2) is 12.5 Å². The molecule has 0 aliphatic carbocycles. The second-order valence-electron chi connectivity index (χ2n) is 7.21. The predicted octanol–water partition coefficient (Wildman–Crippen LogP) is 1.45. The van der Waals surface area contributed by atoms with Crippen molar-refractivity contribution in [3.63, 3.8) is 0 Å². The van der Waals surface area contributed by atoms with Crippen molar-refractivity contribution in [2.45, 2.75) is 45.2 Å². The van der Waals surface area contributed by atoms with E-state index in [0.717, 1.165) is 38.2 Å². The first-order chi connectivity index (χ1) is 12.2. The molecule has 1 aromatic heterocycles. The van der Waals surface area contributed by atoms with Crippen molar-refractivity contribution in [2.75, 3.05) is 26.3 Å². The Morgan fingerprint density at radius 1 is 1.52 bits per heavy atom. The van der Waals surface area contributed by atoms with Crippen LogP contribution < -0.4 is 5.32 Å². The average molecular weight is 345 g/mol. The summed E-state index contributed by atoms with van der Waals surface area (Å²) in [5, 5.41) is 12.8. The van der Waals surface area contributed by atoms with Crippen molar-refractivity contribution in [3.05, 3.63) is 18.2 Å². The number of aromatic amines is 1. The summed E-state index contributed by atoms with van der Waals surface area (Å²) in [5.74, 6) is 0.306. The molecule has 0 saturated carbocycles. The van der Waals surface area contributed by atoms with Gasteiger partial charge in [0.05, 0.1) is 12.4 Å². The Hall–Kier alpha value is -1.91. The predicted molar refractivity (Wildman–Crippen MR) is 92.3 cm³/mol. The Labute approximate surface area is 148 Å². The van der Waals surface area contributed by atoms with Gasteiger partial charge in [-0.05, 0) is 25.2 Å². The lowest BCUT2D eigenvalue weighted by molar-refractivity contribution is -0.133. The van der Waals surface area contributed by atoms with Crippen molar-refractivity contribution in [1.82, 2.24) is 20.2 Å². The van der Waals surface area contributed by atoms with Crippen LogP contribution in [0, 0.1) is 22.7 Å². The summed E-state index contributed by atoms with van der Waals surface area (Å²) < 4.78 is 5.33. The molecule has 25 heavy (non-hydrogen) atoms. The van der Waals surface area contributed by atoms with Gasteiger partial charge in [0.15, 0.2) is 0 Å². The SMILES string of the molecule is CCC[C@@H]1CN(Cc2cnc[nH]2)C[C@H]1NC(=O)C1(C#N)CCOCC1. The molecule has 3 heterocycles. The summed E-state index contributed by atoms with van der Waals surface area (Å²) in [6, 6.07) is 2.37. The summed E-state index contributed by atoms with van der Waals surface area (Å²) in [6.07, 6.45) is 6.67. The number of aromatic nitrogens is 2. The molecular formula is C18H27N5O2. The minimum absolute atomic E-state index is 0.100. The van der Waals surface area contributed by atoms with Crippen LogP contribution in [-0.2, 0) is 16.1 Å². The van der Waals surface area contributed by atoms with Crippen LogP contribution in [0.1, 0.15) is 38.3 Å². The van der Waals surface area contributed by atoms with Crippen LogP contribution in [0.5, 0.6) is 0 Å². The fraction of sp³-hybridized carbons (Fsp3) is 0.722. The van der Waals surface area contributed by atoms with Gasteiger partial charge in [0, 0.05) is 50.8 Å². The van der Waals surface area contributed by atoms with Gasteiger partial charge < -0.3 is 15.0 Å². The zero-order valence-corrected chi connectivity index (χ0v) is 14.8. The first-order valence-corrected chi connectivity index (χ1v) is 9.16. The molecule has 7 nitrogen and oxygen atoms in total. The lowest BCUT2D eigenvalue weighted by Gasteiger charge is -2.31. The molecule has 1 aromatic rings. The summed E-state index contributed by atoms with van der Waals surface area (Å²) in [5.41, 5.74) is 0.159.